The topological polar surface area (TPSA) is 70.7 Å². The van der Waals surface area contributed by atoms with Crippen molar-refractivity contribution in [1.29, 1.82) is 0 Å². The molecule has 0 saturated carbocycles. The molecule has 4 nitrogen and oxygen atoms in total. The van der Waals surface area contributed by atoms with Gasteiger partial charge in [-0.2, -0.15) is 0 Å². The Morgan fingerprint density at radius 2 is 2.17 bits per heavy atom. The van der Waals surface area contributed by atoms with Crippen LogP contribution in [0.2, 0.25) is 0 Å². The van der Waals surface area contributed by atoms with Crippen LogP contribution in [0.5, 0.6) is 5.75 Å². The van der Waals surface area contributed by atoms with Crippen LogP contribution in [0.25, 0.3) is 11.6 Å². The predicted molar refractivity (Wildman–Crippen MR) is 69.5 cm³/mol. The Balaban J connectivity index is 0.00000180. The highest BCUT2D eigenvalue weighted by Gasteiger charge is 2.07. The third-order valence-electron chi connectivity index (χ3n) is 2.57. The molecule has 1 atom stereocenters. The Kier molecular flexibility index (Phi) is 3.48. The lowest BCUT2D eigenvalue weighted by atomic mass is 10.1. The first-order valence-electron chi connectivity index (χ1n) is 5.67. The van der Waals surface area contributed by atoms with Gasteiger partial charge in [0.2, 0.25) is 0 Å². The maximum absolute atomic E-state index is 11.3. The van der Waals surface area contributed by atoms with E-state index in [-0.39, 0.29) is 7.18 Å². The van der Waals surface area contributed by atoms with Crippen molar-refractivity contribution in [2.45, 2.75) is 19.4 Å². The van der Waals surface area contributed by atoms with E-state index in [1.54, 1.807) is 37.3 Å². The molecule has 0 fully saturated rings. The minimum absolute atomic E-state index is 0. The SMILES string of the molecule is CC(O)CC1=c2\oc(=O)cc(O)\c2=C\C=C/C=C\1.[H+]. The molecule has 94 valence electrons. The molecule has 0 aromatic carbocycles. The predicted octanol–water partition coefficient (Wildman–Crippen LogP) is 0.286. The van der Waals surface area contributed by atoms with Gasteiger partial charge >= 0.3 is 7.05 Å². The quantitative estimate of drug-likeness (QED) is 0.788. The molecule has 2 N–H and O–H groups in total. The van der Waals surface area contributed by atoms with E-state index in [0.717, 1.165) is 6.07 Å². The van der Waals surface area contributed by atoms with Gasteiger partial charge in [-0.15, -0.1) is 0 Å². The van der Waals surface area contributed by atoms with E-state index >= 15 is 0 Å². The van der Waals surface area contributed by atoms with Gasteiger partial charge in [0, 0.05) is 6.42 Å². The fraction of sp³-hybridized carbons (Fsp3) is 0.214. The molecule has 1 aromatic rings. The number of aromatic hydroxyl groups is 1. The molecule has 0 radical (unpaired) electrons. The first-order chi connectivity index (χ1) is 8.58. The average molecular weight is 247 g/mol. The van der Waals surface area contributed by atoms with Crippen molar-refractivity contribution in [3.63, 3.8) is 0 Å². The zero-order valence-electron chi connectivity index (χ0n) is 11.0. The molecule has 1 aliphatic carbocycles. The summed E-state index contributed by atoms with van der Waals surface area (Å²) >= 11 is 0. The third-order valence-corrected chi connectivity index (χ3v) is 2.57. The first-order valence-corrected chi connectivity index (χ1v) is 5.67. The Morgan fingerprint density at radius 3 is 2.89 bits per heavy atom. The van der Waals surface area contributed by atoms with Gasteiger partial charge in [0.15, 0.2) is 0 Å². The molecule has 2 rings (SSSR count). The molecule has 0 aliphatic heterocycles. The van der Waals surface area contributed by atoms with Crippen LogP contribution < -0.4 is 16.3 Å². The monoisotopic (exact) mass is 247 g/mol. The number of aliphatic hydroxyl groups is 1. The maximum Gasteiger partial charge on any atom is 1.00 e. The van der Waals surface area contributed by atoms with Crippen LogP contribution in [0, 0.1) is 0 Å². The summed E-state index contributed by atoms with van der Waals surface area (Å²) in [6.45, 7) is 1.65. The van der Waals surface area contributed by atoms with Crippen molar-refractivity contribution < 1.29 is 16.1 Å². The highest BCUT2D eigenvalue weighted by molar-refractivity contribution is 5.59. The van der Waals surface area contributed by atoms with E-state index < -0.39 is 11.7 Å². The lowest BCUT2D eigenvalue weighted by Crippen LogP contribution is -2.31. The Labute approximate surface area is 105 Å². The van der Waals surface area contributed by atoms with Crippen molar-refractivity contribution in [3.05, 3.63) is 51.4 Å². The van der Waals surface area contributed by atoms with Crippen molar-refractivity contribution in [2.75, 3.05) is 0 Å². The number of aliphatic hydroxyl groups excluding tert-OH is 1. The molecular formula is C14H15O4+. The second kappa shape index (κ2) is 5.06. The second-order valence-corrected chi connectivity index (χ2v) is 4.18. The van der Waals surface area contributed by atoms with Crippen molar-refractivity contribution in [3.8, 4) is 5.75 Å². The smallest absolute Gasteiger partial charge is 0.507 e. The van der Waals surface area contributed by atoms with Crippen LogP contribution in [0.4, 0.5) is 0 Å². The zero-order chi connectivity index (χ0) is 13.1. The van der Waals surface area contributed by atoms with Gasteiger partial charge in [0.05, 0.1) is 17.4 Å². The van der Waals surface area contributed by atoms with E-state index in [9.17, 15) is 15.0 Å². The van der Waals surface area contributed by atoms with E-state index in [1.165, 1.54) is 0 Å². The van der Waals surface area contributed by atoms with E-state index in [1.807, 2.05) is 0 Å². The maximum atomic E-state index is 11.3. The highest BCUT2D eigenvalue weighted by Crippen LogP contribution is 2.07. The fourth-order valence-corrected chi connectivity index (χ4v) is 1.83. The second-order valence-electron chi connectivity index (χ2n) is 4.18. The van der Waals surface area contributed by atoms with Gasteiger partial charge in [-0.05, 0) is 18.6 Å². The molecule has 0 bridgehead atoms. The molecule has 1 aliphatic rings. The Morgan fingerprint density at radius 1 is 1.39 bits per heavy atom. The van der Waals surface area contributed by atoms with Crippen molar-refractivity contribution >= 4 is 11.6 Å². The summed E-state index contributed by atoms with van der Waals surface area (Å²) in [6.07, 6.45) is 8.55. The molecule has 1 unspecified atom stereocenters. The van der Waals surface area contributed by atoms with Crippen LogP contribution in [-0.2, 0) is 0 Å². The minimum Gasteiger partial charge on any atom is -0.507 e. The number of rotatable bonds is 2. The lowest BCUT2D eigenvalue weighted by molar-refractivity contribution is 0.200. The third kappa shape index (κ3) is 2.60. The summed E-state index contributed by atoms with van der Waals surface area (Å²) in [5, 5.41) is 19.7. The molecule has 0 amide bonds. The number of hydrogen-bond donors (Lipinski definition) is 2. The van der Waals surface area contributed by atoms with Crippen LogP contribution in [0.3, 0.4) is 0 Å². The number of hydrogen-bond acceptors (Lipinski definition) is 4. The Bertz CT molecular complexity index is 680. The molecule has 4 heteroatoms. The van der Waals surface area contributed by atoms with Crippen LogP contribution in [-0.4, -0.2) is 16.3 Å². The van der Waals surface area contributed by atoms with Crippen molar-refractivity contribution in [2.24, 2.45) is 0 Å². The van der Waals surface area contributed by atoms with Gasteiger partial charge in [-0.1, -0.05) is 24.3 Å². The minimum atomic E-state index is -0.610. The number of fused-ring (bicyclic) bond motifs is 1. The number of allylic oxidation sites excluding steroid dienone is 4. The van der Waals surface area contributed by atoms with Gasteiger partial charge in [0.25, 0.3) is 0 Å². The van der Waals surface area contributed by atoms with E-state index in [2.05, 4.69) is 0 Å². The van der Waals surface area contributed by atoms with Crippen molar-refractivity contribution in [1.82, 2.24) is 0 Å². The van der Waals surface area contributed by atoms with Crippen LogP contribution >= 0.6 is 0 Å². The average Bonchev–Trinajstić information content (AvgIpc) is 2.25. The van der Waals surface area contributed by atoms with E-state index in [4.69, 9.17) is 4.42 Å². The van der Waals surface area contributed by atoms with Gasteiger partial charge < -0.3 is 14.6 Å². The molecule has 1 aromatic heterocycles. The highest BCUT2D eigenvalue weighted by atomic mass is 16.4. The van der Waals surface area contributed by atoms with Crippen LogP contribution in [0.15, 0.2) is 39.6 Å². The molecule has 0 spiro atoms. The summed E-state index contributed by atoms with van der Waals surface area (Å²) in [5.74, 6) is -0.121. The van der Waals surface area contributed by atoms with Gasteiger partial charge in [0.1, 0.15) is 11.2 Å². The molecule has 1 heterocycles. The first kappa shape index (κ1) is 12.4. The summed E-state index contributed by atoms with van der Waals surface area (Å²) in [4.78, 5) is 11.3. The lowest BCUT2D eigenvalue weighted by Gasteiger charge is -2.06. The summed E-state index contributed by atoms with van der Waals surface area (Å²) < 4.78 is 5.15. The standard InChI is InChI=1S/C14H14O4/c1-9(15)7-10-5-3-2-4-6-11-12(16)8-13(17)18-14(10)11/h2-6,8-9,15-16H,7H2,1H3/p+1/b3-2?,4-2-,5-3-,6-4?,10-5?,11-6-,14-10-. The van der Waals surface area contributed by atoms with Gasteiger partial charge in [-0.25, -0.2) is 4.79 Å². The largest absolute Gasteiger partial charge is 1.00 e. The summed E-state index contributed by atoms with van der Waals surface area (Å²) in [6, 6.07) is 1.04. The summed E-state index contributed by atoms with van der Waals surface area (Å²) in [5.41, 5.74) is 0.371. The zero-order valence-corrected chi connectivity index (χ0v) is 9.96. The Hall–Kier alpha value is -2.07. The molecular weight excluding hydrogens is 232 g/mol. The van der Waals surface area contributed by atoms with E-state index in [0.29, 0.717) is 22.6 Å². The fourth-order valence-electron chi connectivity index (χ4n) is 1.83. The van der Waals surface area contributed by atoms with Crippen LogP contribution in [0.1, 0.15) is 14.8 Å². The summed E-state index contributed by atoms with van der Waals surface area (Å²) in [7, 11) is 0. The van der Waals surface area contributed by atoms with Gasteiger partial charge in [-0.3, -0.25) is 0 Å². The molecule has 18 heavy (non-hydrogen) atoms. The molecule has 0 saturated heterocycles. The normalized spacial score (nSPS) is 24.0.